The van der Waals surface area contributed by atoms with Crippen molar-refractivity contribution in [3.63, 3.8) is 0 Å². The summed E-state index contributed by atoms with van der Waals surface area (Å²) in [7, 11) is 0. The monoisotopic (exact) mass is 1080 g/mol. The minimum absolute atomic E-state index is 0.966. The van der Waals surface area contributed by atoms with Crippen molar-refractivity contribution in [1.82, 2.24) is 18.3 Å². The molecule has 0 saturated carbocycles. The van der Waals surface area contributed by atoms with Crippen molar-refractivity contribution in [2.24, 2.45) is 0 Å². The average molecular weight is 1080 g/mol. The minimum Gasteiger partial charge on any atom is -0.341 e. The van der Waals surface area contributed by atoms with Crippen LogP contribution in [0.15, 0.2) is 279 Å². The first kappa shape index (κ1) is 50.3. The van der Waals surface area contributed by atoms with E-state index in [0.29, 0.717) is 0 Å². The molecule has 0 unspecified atom stereocenters. The van der Waals surface area contributed by atoms with Crippen molar-refractivity contribution in [3.05, 3.63) is 301 Å². The molecule has 0 atom stereocenters. The van der Waals surface area contributed by atoms with E-state index >= 15 is 0 Å². The smallest absolute Gasteiger partial charge is 0.0541 e. The lowest BCUT2D eigenvalue weighted by molar-refractivity contribution is 0.827. The summed E-state index contributed by atoms with van der Waals surface area (Å²) in [5.74, 6) is 0. The third-order valence-electron chi connectivity index (χ3n) is 17.0. The van der Waals surface area contributed by atoms with Crippen molar-refractivity contribution in [3.8, 4) is 33.6 Å². The molecule has 84 heavy (non-hydrogen) atoms. The van der Waals surface area contributed by atoms with Gasteiger partial charge in [0.1, 0.15) is 0 Å². The van der Waals surface area contributed by atoms with E-state index in [-0.39, 0.29) is 0 Å². The van der Waals surface area contributed by atoms with Crippen LogP contribution in [0.3, 0.4) is 0 Å². The first-order valence-corrected chi connectivity index (χ1v) is 29.3. The summed E-state index contributed by atoms with van der Waals surface area (Å²) in [6, 6.07) is 101. The van der Waals surface area contributed by atoms with Crippen LogP contribution in [-0.4, -0.2) is 18.3 Å². The van der Waals surface area contributed by atoms with Gasteiger partial charge in [0.25, 0.3) is 0 Å². The Morgan fingerprint density at radius 3 is 0.857 bits per heavy atom. The van der Waals surface area contributed by atoms with Crippen LogP contribution in [0.5, 0.6) is 0 Å². The van der Waals surface area contributed by atoms with Gasteiger partial charge in [0.2, 0.25) is 0 Å². The van der Waals surface area contributed by atoms with Gasteiger partial charge in [0, 0.05) is 89.6 Å². The van der Waals surface area contributed by atoms with Crippen molar-refractivity contribution in [1.29, 1.82) is 0 Å². The maximum atomic E-state index is 2.40. The molecule has 0 amide bonds. The molecule has 16 aromatic rings. The van der Waals surface area contributed by atoms with Crippen LogP contribution in [0.1, 0.15) is 36.1 Å². The second-order valence-corrected chi connectivity index (χ2v) is 21.8. The molecule has 12 aromatic carbocycles. The maximum Gasteiger partial charge on any atom is 0.0541 e. The van der Waals surface area contributed by atoms with Gasteiger partial charge >= 0.3 is 0 Å². The second-order valence-electron chi connectivity index (χ2n) is 21.8. The minimum atomic E-state index is 0.966. The van der Waals surface area contributed by atoms with Crippen LogP contribution in [-0.2, 0) is 13.1 Å². The van der Waals surface area contributed by atoms with Crippen molar-refractivity contribution in [2.45, 2.75) is 26.9 Å². The number of aryl methyl sites for hydroxylation is 2. The van der Waals surface area contributed by atoms with Crippen molar-refractivity contribution >= 4 is 112 Å². The van der Waals surface area contributed by atoms with Crippen LogP contribution >= 0.6 is 0 Å². The molecule has 0 N–H and O–H groups in total. The molecule has 0 spiro atoms. The Kier molecular flexibility index (Phi) is 12.8. The van der Waals surface area contributed by atoms with Crippen LogP contribution in [0.25, 0.3) is 145 Å². The molecule has 4 heteroatoms. The molecule has 16 rings (SSSR count). The Balaban J connectivity index is 0.000000145. The van der Waals surface area contributed by atoms with Gasteiger partial charge in [-0.3, -0.25) is 0 Å². The van der Waals surface area contributed by atoms with Gasteiger partial charge in [0.15, 0.2) is 0 Å². The lowest BCUT2D eigenvalue weighted by Gasteiger charge is -2.12. The van der Waals surface area contributed by atoms with Crippen LogP contribution < -0.4 is 0 Å². The van der Waals surface area contributed by atoms with E-state index in [0.717, 1.165) is 13.1 Å². The highest BCUT2D eigenvalue weighted by atomic mass is 15.0. The molecular weight excluding hydrogens is 1020 g/mol. The summed E-state index contributed by atoms with van der Waals surface area (Å²) >= 11 is 0. The topological polar surface area (TPSA) is 19.7 Å². The highest BCUT2D eigenvalue weighted by molar-refractivity contribution is 6.12. The van der Waals surface area contributed by atoms with E-state index in [1.807, 2.05) is 0 Å². The number of rotatable bonds is 10. The fraction of sp³-hybridized carbons (Fsp3) is 0.0500. The van der Waals surface area contributed by atoms with Crippen LogP contribution in [0, 0.1) is 0 Å². The first-order chi connectivity index (χ1) is 41.6. The number of para-hydroxylation sites is 6. The summed E-state index contributed by atoms with van der Waals surface area (Å²) < 4.78 is 9.55. The summed E-state index contributed by atoms with van der Waals surface area (Å²) in [6.07, 6.45) is 8.84. The molecule has 0 radical (unpaired) electrons. The molecule has 0 aliphatic heterocycles. The standard InChI is InChI=1S/C44H36N2.C36H24N2/c1-3-45-41-11-7-5-9-37(41)39-29-33(21-27-43(39)45)15-13-31-17-23-35(24-18-31)36-25-19-32(20-26-36)14-16-34-22-28-44-40(30-34)38-10-6-8-12-42(38)46(44)4-2;1-5-19-33-29(15-1)30-16-2-6-20-34(30)37(33)27-13-9-11-25(23-27)26-12-10-14-28(24-26)38-35-21-7-3-17-31(35)32-18-4-8-22-36(32)38/h5-30H,3-4H2,1-2H3;1-24H/b15-13+,16-14+;. The fourth-order valence-electron chi connectivity index (χ4n) is 13.0. The van der Waals surface area contributed by atoms with Gasteiger partial charge in [0.05, 0.1) is 22.1 Å². The van der Waals surface area contributed by atoms with E-state index in [1.54, 1.807) is 0 Å². The normalized spacial score (nSPS) is 11.9. The number of hydrogen-bond donors (Lipinski definition) is 0. The predicted molar refractivity (Wildman–Crippen MR) is 361 cm³/mol. The molecule has 4 nitrogen and oxygen atoms in total. The summed E-state index contributed by atoms with van der Waals surface area (Å²) in [4.78, 5) is 0. The maximum absolute atomic E-state index is 2.40. The van der Waals surface area contributed by atoms with E-state index in [9.17, 15) is 0 Å². The lowest BCUT2D eigenvalue weighted by Crippen LogP contribution is -1.95. The summed E-state index contributed by atoms with van der Waals surface area (Å²) in [6.45, 7) is 6.36. The molecule has 400 valence electrons. The zero-order valence-electron chi connectivity index (χ0n) is 47.1. The summed E-state index contributed by atoms with van der Waals surface area (Å²) in [5, 5.41) is 10.4. The lowest BCUT2D eigenvalue weighted by atomic mass is 10.0. The molecule has 4 aromatic heterocycles. The molecule has 0 aliphatic carbocycles. The third-order valence-corrected chi connectivity index (χ3v) is 17.0. The number of benzene rings is 12. The van der Waals surface area contributed by atoms with Gasteiger partial charge in [-0.1, -0.05) is 218 Å². The van der Waals surface area contributed by atoms with Gasteiger partial charge < -0.3 is 18.3 Å². The zero-order valence-corrected chi connectivity index (χ0v) is 47.1. The highest BCUT2D eigenvalue weighted by Gasteiger charge is 2.16. The summed E-state index contributed by atoms with van der Waals surface area (Å²) in [5.41, 5.74) is 22.1. The van der Waals surface area contributed by atoms with Gasteiger partial charge in [-0.15, -0.1) is 0 Å². The molecule has 0 aliphatic rings. The number of fused-ring (bicyclic) bond motifs is 12. The van der Waals surface area contributed by atoms with Crippen LogP contribution in [0.4, 0.5) is 0 Å². The van der Waals surface area contributed by atoms with Gasteiger partial charge in [-0.2, -0.15) is 0 Å². The third kappa shape index (κ3) is 8.88. The van der Waals surface area contributed by atoms with Gasteiger partial charge in [-0.25, -0.2) is 0 Å². The molecule has 4 heterocycles. The second kappa shape index (κ2) is 21.3. The molecule has 0 fully saturated rings. The van der Waals surface area contributed by atoms with E-state index in [4.69, 9.17) is 0 Å². The Hall–Kier alpha value is -10.7. The van der Waals surface area contributed by atoms with E-state index in [2.05, 4.69) is 335 Å². The fourth-order valence-corrected chi connectivity index (χ4v) is 13.0. The predicted octanol–water partition coefficient (Wildman–Crippen LogP) is 21.5. The van der Waals surface area contributed by atoms with Crippen molar-refractivity contribution in [2.75, 3.05) is 0 Å². The Labute approximate surface area is 489 Å². The van der Waals surface area contributed by atoms with Gasteiger partial charge in [-0.05, 0) is 143 Å². The number of nitrogens with zero attached hydrogens (tertiary/aromatic N) is 4. The number of aromatic nitrogens is 4. The number of hydrogen-bond acceptors (Lipinski definition) is 0. The van der Waals surface area contributed by atoms with Crippen molar-refractivity contribution < 1.29 is 0 Å². The molecule has 0 saturated heterocycles. The average Bonchev–Trinajstić information content (AvgIpc) is 3.22. The quantitative estimate of drug-likeness (QED) is 0.122. The Morgan fingerprint density at radius 1 is 0.226 bits per heavy atom. The van der Waals surface area contributed by atoms with E-state index < -0.39 is 0 Å². The molecular formula is C80H60N4. The molecule has 0 bridgehead atoms. The van der Waals surface area contributed by atoms with E-state index in [1.165, 1.54) is 143 Å². The first-order valence-electron chi connectivity index (χ1n) is 29.3. The zero-order chi connectivity index (χ0) is 56.1. The Morgan fingerprint density at radius 2 is 0.512 bits per heavy atom. The SMILES string of the molecule is CCn1c2ccccc2c2cc(/C=C/c3ccc(-c4ccc(/C=C/c5ccc6c(c5)c5ccccc5n6CC)cc4)cc3)ccc21.c1cc(-c2cccc(-n3c4ccccc4c4ccccc43)c2)cc(-n2c3ccccc3c3ccccc32)c1. The Bertz CT molecular complexity index is 4770. The van der Waals surface area contributed by atoms with Crippen LogP contribution in [0.2, 0.25) is 0 Å². The largest absolute Gasteiger partial charge is 0.341 e. The highest BCUT2D eigenvalue weighted by Crippen LogP contribution is 2.37.